The number of aryl methyl sites for hydroxylation is 1. The van der Waals surface area contributed by atoms with E-state index in [1.165, 1.54) is 11.3 Å². The van der Waals surface area contributed by atoms with Crippen LogP contribution in [0.3, 0.4) is 0 Å². The highest BCUT2D eigenvalue weighted by Gasteiger charge is 2.15. The summed E-state index contributed by atoms with van der Waals surface area (Å²) in [5.74, 6) is -0.272. The molecule has 2 N–H and O–H groups in total. The third kappa shape index (κ3) is 3.57. The summed E-state index contributed by atoms with van der Waals surface area (Å²) < 4.78 is 5.16. The Bertz CT molecular complexity index is 350. The van der Waals surface area contributed by atoms with Crippen molar-refractivity contribution in [2.45, 2.75) is 39.7 Å². The lowest BCUT2D eigenvalue weighted by Crippen LogP contribution is -2.05. The van der Waals surface area contributed by atoms with Gasteiger partial charge in [0.2, 0.25) is 0 Å². The van der Waals surface area contributed by atoms with Crippen LogP contribution in [-0.2, 0) is 11.3 Å². The van der Waals surface area contributed by atoms with Crippen molar-refractivity contribution in [3.05, 3.63) is 15.6 Å². The zero-order valence-corrected chi connectivity index (χ0v) is 10.6. The van der Waals surface area contributed by atoms with E-state index in [-0.39, 0.29) is 5.97 Å². The van der Waals surface area contributed by atoms with Crippen LogP contribution in [0.15, 0.2) is 0 Å². The fourth-order valence-electron chi connectivity index (χ4n) is 1.31. The van der Waals surface area contributed by atoms with Crippen LogP contribution in [0.25, 0.3) is 0 Å². The average Bonchev–Trinajstić information content (AvgIpc) is 2.66. The van der Waals surface area contributed by atoms with Gasteiger partial charge in [0.25, 0.3) is 0 Å². The van der Waals surface area contributed by atoms with Crippen molar-refractivity contribution in [1.82, 2.24) is 4.98 Å². The van der Waals surface area contributed by atoms with Crippen LogP contribution in [0.2, 0.25) is 0 Å². The second-order valence-corrected chi connectivity index (χ2v) is 4.65. The number of thiazole rings is 1. The van der Waals surface area contributed by atoms with Gasteiger partial charge in [-0.05, 0) is 13.3 Å². The van der Waals surface area contributed by atoms with Crippen molar-refractivity contribution in [2.75, 3.05) is 6.61 Å². The van der Waals surface area contributed by atoms with E-state index in [2.05, 4.69) is 11.9 Å². The summed E-state index contributed by atoms with van der Waals surface area (Å²) in [4.78, 5) is 16.4. The molecule has 0 spiro atoms. The molecule has 16 heavy (non-hydrogen) atoms. The Kier molecular flexibility index (Phi) is 5.42. The summed E-state index contributed by atoms with van der Waals surface area (Å²) in [6, 6.07) is 0. The topological polar surface area (TPSA) is 65.2 Å². The normalized spacial score (nSPS) is 10.4. The van der Waals surface area contributed by atoms with E-state index in [1.54, 1.807) is 6.92 Å². The molecule has 1 aromatic heterocycles. The van der Waals surface area contributed by atoms with Gasteiger partial charge in [-0.25, -0.2) is 9.78 Å². The van der Waals surface area contributed by atoms with Gasteiger partial charge in [0.05, 0.1) is 12.3 Å². The van der Waals surface area contributed by atoms with Crippen LogP contribution >= 0.6 is 11.3 Å². The fraction of sp³-hybridized carbons (Fsp3) is 0.636. The van der Waals surface area contributed by atoms with Crippen LogP contribution in [0.4, 0.5) is 0 Å². The van der Waals surface area contributed by atoms with Crippen molar-refractivity contribution in [3.63, 3.8) is 0 Å². The molecular weight excluding hydrogens is 224 g/mol. The van der Waals surface area contributed by atoms with Gasteiger partial charge in [-0.1, -0.05) is 19.8 Å². The van der Waals surface area contributed by atoms with Crippen molar-refractivity contribution in [3.8, 4) is 0 Å². The highest BCUT2D eigenvalue weighted by molar-refractivity contribution is 7.13. The number of nitrogens with zero attached hydrogens (tertiary/aromatic N) is 1. The Morgan fingerprint density at radius 3 is 2.81 bits per heavy atom. The molecular formula is C11H18N2O2S. The zero-order valence-electron chi connectivity index (χ0n) is 9.78. The third-order valence-corrected chi connectivity index (χ3v) is 3.34. The first-order chi connectivity index (χ1) is 7.69. The van der Waals surface area contributed by atoms with E-state index in [0.29, 0.717) is 23.7 Å². The van der Waals surface area contributed by atoms with E-state index in [9.17, 15) is 4.79 Å². The molecule has 0 aliphatic rings. The molecule has 0 saturated heterocycles. The fourth-order valence-corrected chi connectivity index (χ4v) is 2.15. The van der Waals surface area contributed by atoms with Crippen molar-refractivity contribution in [2.24, 2.45) is 5.73 Å². The number of unbranched alkanes of at least 4 members (excludes halogenated alkanes) is 2. The Morgan fingerprint density at radius 1 is 1.50 bits per heavy atom. The molecule has 0 amide bonds. The number of esters is 1. The van der Waals surface area contributed by atoms with Crippen LogP contribution in [0.5, 0.6) is 0 Å². The van der Waals surface area contributed by atoms with Gasteiger partial charge in [-0.3, -0.25) is 0 Å². The highest BCUT2D eigenvalue weighted by atomic mass is 32.1. The smallest absolute Gasteiger partial charge is 0.350 e. The number of aromatic nitrogens is 1. The third-order valence-electron chi connectivity index (χ3n) is 2.18. The summed E-state index contributed by atoms with van der Waals surface area (Å²) in [5.41, 5.74) is 6.18. The van der Waals surface area contributed by atoms with Crippen LogP contribution < -0.4 is 5.73 Å². The number of carbonyl (C=O) groups is 1. The molecule has 1 aromatic rings. The van der Waals surface area contributed by atoms with E-state index in [1.807, 2.05) is 0 Å². The van der Waals surface area contributed by atoms with Gasteiger partial charge in [0, 0.05) is 6.54 Å². The second-order valence-electron chi connectivity index (χ2n) is 3.57. The minimum absolute atomic E-state index is 0.272. The first kappa shape index (κ1) is 13.1. The number of hydrogen-bond donors (Lipinski definition) is 1. The SMILES string of the molecule is CCCCCOC(=O)c1sc(CN)nc1C. The van der Waals surface area contributed by atoms with Crippen molar-refractivity contribution >= 4 is 17.3 Å². The molecule has 1 heterocycles. The van der Waals surface area contributed by atoms with Gasteiger partial charge in [0.15, 0.2) is 0 Å². The molecule has 90 valence electrons. The zero-order chi connectivity index (χ0) is 12.0. The van der Waals surface area contributed by atoms with Gasteiger partial charge in [-0.15, -0.1) is 11.3 Å². The Balaban J connectivity index is 2.49. The van der Waals surface area contributed by atoms with Crippen LogP contribution in [-0.4, -0.2) is 17.6 Å². The molecule has 0 aromatic carbocycles. The van der Waals surface area contributed by atoms with Gasteiger partial charge < -0.3 is 10.5 Å². The largest absolute Gasteiger partial charge is 0.461 e. The van der Waals surface area contributed by atoms with Gasteiger partial charge >= 0.3 is 5.97 Å². The molecule has 0 saturated carbocycles. The first-order valence-electron chi connectivity index (χ1n) is 5.52. The molecule has 5 heteroatoms. The summed E-state index contributed by atoms with van der Waals surface area (Å²) >= 11 is 1.32. The van der Waals surface area contributed by atoms with Gasteiger partial charge in [-0.2, -0.15) is 0 Å². The first-order valence-corrected chi connectivity index (χ1v) is 6.34. The average molecular weight is 242 g/mol. The molecule has 1 rings (SSSR count). The molecule has 0 aliphatic carbocycles. The molecule has 0 atom stereocenters. The standard InChI is InChI=1S/C11H18N2O2S/c1-3-4-5-6-15-11(14)10-8(2)13-9(7-12)16-10/h3-7,12H2,1-2H3. The van der Waals surface area contributed by atoms with Crippen LogP contribution in [0.1, 0.15) is 46.6 Å². The summed E-state index contributed by atoms with van der Waals surface area (Å²) in [6.45, 7) is 4.78. The van der Waals surface area contributed by atoms with Crippen molar-refractivity contribution in [1.29, 1.82) is 0 Å². The minimum Gasteiger partial charge on any atom is -0.461 e. The number of hydrogen-bond acceptors (Lipinski definition) is 5. The van der Waals surface area contributed by atoms with Crippen LogP contribution in [0, 0.1) is 6.92 Å². The molecule has 0 radical (unpaired) electrons. The Hall–Kier alpha value is -0.940. The molecule has 0 unspecified atom stereocenters. The maximum Gasteiger partial charge on any atom is 0.350 e. The van der Waals surface area contributed by atoms with E-state index in [4.69, 9.17) is 10.5 Å². The summed E-state index contributed by atoms with van der Waals surface area (Å²) in [5, 5.41) is 0.776. The van der Waals surface area contributed by atoms with Crippen molar-refractivity contribution < 1.29 is 9.53 Å². The molecule has 0 bridgehead atoms. The monoisotopic (exact) mass is 242 g/mol. The Morgan fingerprint density at radius 2 is 2.25 bits per heavy atom. The summed E-state index contributed by atoms with van der Waals surface area (Å²) in [7, 11) is 0. The lowest BCUT2D eigenvalue weighted by atomic mass is 10.3. The maximum atomic E-state index is 11.7. The molecule has 0 aliphatic heterocycles. The minimum atomic E-state index is -0.272. The number of ether oxygens (including phenoxy) is 1. The Labute approximate surface area is 99.8 Å². The molecule has 0 fully saturated rings. The predicted octanol–water partition coefficient (Wildman–Crippen LogP) is 2.26. The number of carbonyl (C=O) groups excluding carboxylic acids is 1. The van der Waals surface area contributed by atoms with E-state index < -0.39 is 0 Å². The maximum absolute atomic E-state index is 11.7. The summed E-state index contributed by atoms with van der Waals surface area (Å²) in [6.07, 6.45) is 3.13. The lowest BCUT2D eigenvalue weighted by Gasteiger charge is -2.02. The number of rotatable bonds is 6. The number of nitrogens with two attached hydrogens (primary N) is 1. The highest BCUT2D eigenvalue weighted by Crippen LogP contribution is 2.18. The quantitative estimate of drug-likeness (QED) is 0.614. The second kappa shape index (κ2) is 6.60. The van der Waals surface area contributed by atoms with Gasteiger partial charge in [0.1, 0.15) is 9.88 Å². The predicted molar refractivity (Wildman–Crippen MR) is 64.5 cm³/mol. The van der Waals surface area contributed by atoms with E-state index >= 15 is 0 Å². The molecule has 4 nitrogen and oxygen atoms in total. The van der Waals surface area contributed by atoms with E-state index in [0.717, 1.165) is 24.3 Å². The lowest BCUT2D eigenvalue weighted by molar-refractivity contribution is 0.0503.